The second-order valence-corrected chi connectivity index (χ2v) is 7.09. The summed E-state index contributed by atoms with van der Waals surface area (Å²) in [5.41, 5.74) is 4.34. The lowest BCUT2D eigenvalue weighted by Gasteiger charge is -2.22. The standard InChI is InChI=1S/C22H20N4O3/c1-2-4-21(27)26-18(15-5-3-6-16-22(15)24-10-9-23-16)12-17(25-26)14-7-8-19-20(11-14)29-13-28-19/h3,5-11,18H,2,4,12-13H2,1H3/t18-/m1/s1. The van der Waals surface area contributed by atoms with Crippen molar-refractivity contribution in [1.82, 2.24) is 15.0 Å². The van der Waals surface area contributed by atoms with Crippen LogP contribution in [0.2, 0.25) is 0 Å². The van der Waals surface area contributed by atoms with E-state index in [1.54, 1.807) is 17.4 Å². The molecule has 2 aromatic carbocycles. The summed E-state index contributed by atoms with van der Waals surface area (Å²) < 4.78 is 10.9. The molecular formula is C22H20N4O3. The van der Waals surface area contributed by atoms with Crippen LogP contribution in [0.25, 0.3) is 11.0 Å². The van der Waals surface area contributed by atoms with E-state index in [0.717, 1.165) is 40.0 Å². The van der Waals surface area contributed by atoms with Gasteiger partial charge in [-0.1, -0.05) is 19.1 Å². The number of rotatable bonds is 4. The second-order valence-electron chi connectivity index (χ2n) is 7.09. The molecule has 0 radical (unpaired) electrons. The van der Waals surface area contributed by atoms with Crippen molar-refractivity contribution in [1.29, 1.82) is 0 Å². The van der Waals surface area contributed by atoms with Crippen molar-refractivity contribution in [2.75, 3.05) is 6.79 Å². The molecule has 0 saturated carbocycles. The molecule has 29 heavy (non-hydrogen) atoms. The highest BCUT2D eigenvalue weighted by Gasteiger charge is 2.34. The number of amides is 1. The Hall–Kier alpha value is -3.48. The van der Waals surface area contributed by atoms with Crippen molar-refractivity contribution in [3.05, 3.63) is 59.9 Å². The number of para-hydroxylation sites is 1. The fourth-order valence-electron chi connectivity index (χ4n) is 3.85. The Morgan fingerprint density at radius 1 is 1.14 bits per heavy atom. The Bertz CT molecular complexity index is 1120. The summed E-state index contributed by atoms with van der Waals surface area (Å²) in [6.07, 6.45) is 5.18. The van der Waals surface area contributed by atoms with Gasteiger partial charge < -0.3 is 9.47 Å². The zero-order valence-corrected chi connectivity index (χ0v) is 16.0. The van der Waals surface area contributed by atoms with Crippen LogP contribution in [-0.4, -0.2) is 33.4 Å². The van der Waals surface area contributed by atoms with Gasteiger partial charge in [-0.05, 0) is 30.7 Å². The molecule has 0 saturated heterocycles. The molecule has 5 rings (SSSR count). The number of hydrogen-bond donors (Lipinski definition) is 0. The van der Waals surface area contributed by atoms with Gasteiger partial charge in [0.2, 0.25) is 12.7 Å². The molecule has 146 valence electrons. The molecule has 0 bridgehead atoms. The summed E-state index contributed by atoms with van der Waals surface area (Å²) in [5.74, 6) is 1.44. The molecule has 3 heterocycles. The SMILES string of the molecule is CCCC(=O)N1N=C(c2ccc3c(c2)OCO3)C[C@@H]1c1cccc2nccnc12. The summed E-state index contributed by atoms with van der Waals surface area (Å²) in [7, 11) is 0. The summed E-state index contributed by atoms with van der Waals surface area (Å²) in [4.78, 5) is 21.8. The quantitative estimate of drug-likeness (QED) is 0.679. The molecule has 2 aliphatic heterocycles. The normalized spacial score (nSPS) is 17.6. The van der Waals surface area contributed by atoms with E-state index in [1.807, 2.05) is 43.3 Å². The number of aromatic nitrogens is 2. The first kappa shape index (κ1) is 17.6. The van der Waals surface area contributed by atoms with E-state index in [4.69, 9.17) is 14.6 Å². The lowest BCUT2D eigenvalue weighted by molar-refractivity contribution is -0.133. The molecule has 3 aromatic rings. The van der Waals surface area contributed by atoms with E-state index < -0.39 is 0 Å². The first-order chi connectivity index (χ1) is 14.2. The first-order valence-corrected chi connectivity index (χ1v) is 9.74. The lowest BCUT2D eigenvalue weighted by Crippen LogP contribution is -2.27. The molecule has 0 unspecified atom stereocenters. The number of nitrogens with zero attached hydrogens (tertiary/aromatic N) is 4. The Morgan fingerprint density at radius 2 is 2.00 bits per heavy atom. The predicted octanol–water partition coefficient (Wildman–Crippen LogP) is 3.84. The number of hydrogen-bond acceptors (Lipinski definition) is 6. The van der Waals surface area contributed by atoms with Crippen LogP contribution in [0.3, 0.4) is 0 Å². The first-order valence-electron chi connectivity index (χ1n) is 9.74. The third-order valence-corrected chi connectivity index (χ3v) is 5.22. The van der Waals surface area contributed by atoms with Crippen LogP contribution in [0, 0.1) is 0 Å². The Balaban J connectivity index is 1.56. The van der Waals surface area contributed by atoms with Crippen molar-refractivity contribution < 1.29 is 14.3 Å². The molecule has 0 fully saturated rings. The molecule has 1 atom stereocenters. The smallest absolute Gasteiger partial charge is 0.243 e. The molecule has 1 aromatic heterocycles. The van der Waals surface area contributed by atoms with E-state index in [0.29, 0.717) is 18.6 Å². The zero-order chi connectivity index (χ0) is 19.8. The van der Waals surface area contributed by atoms with Crippen LogP contribution in [-0.2, 0) is 4.79 Å². The van der Waals surface area contributed by atoms with Gasteiger partial charge in [0.1, 0.15) is 0 Å². The van der Waals surface area contributed by atoms with Crippen LogP contribution < -0.4 is 9.47 Å². The zero-order valence-electron chi connectivity index (χ0n) is 16.0. The highest BCUT2D eigenvalue weighted by Crippen LogP contribution is 2.38. The van der Waals surface area contributed by atoms with Crippen molar-refractivity contribution in [3.63, 3.8) is 0 Å². The number of hydrazone groups is 1. The van der Waals surface area contributed by atoms with Crippen molar-refractivity contribution in [2.45, 2.75) is 32.2 Å². The fourth-order valence-corrected chi connectivity index (χ4v) is 3.85. The van der Waals surface area contributed by atoms with Crippen LogP contribution in [0.4, 0.5) is 0 Å². The third-order valence-electron chi connectivity index (χ3n) is 5.22. The van der Waals surface area contributed by atoms with Crippen LogP contribution in [0.1, 0.15) is 43.4 Å². The van der Waals surface area contributed by atoms with Crippen LogP contribution in [0.15, 0.2) is 53.9 Å². The lowest BCUT2D eigenvalue weighted by atomic mass is 9.97. The number of ether oxygens (including phenoxy) is 2. The van der Waals surface area contributed by atoms with Gasteiger partial charge in [-0.3, -0.25) is 14.8 Å². The van der Waals surface area contributed by atoms with E-state index in [-0.39, 0.29) is 18.7 Å². The minimum Gasteiger partial charge on any atom is -0.454 e. The fraction of sp³-hybridized carbons (Fsp3) is 0.273. The minimum atomic E-state index is -0.213. The predicted molar refractivity (Wildman–Crippen MR) is 108 cm³/mol. The van der Waals surface area contributed by atoms with E-state index in [1.165, 1.54) is 0 Å². The van der Waals surface area contributed by atoms with Gasteiger partial charge in [-0.2, -0.15) is 5.10 Å². The Kier molecular flexibility index (Phi) is 4.35. The van der Waals surface area contributed by atoms with Crippen LogP contribution >= 0.6 is 0 Å². The summed E-state index contributed by atoms with van der Waals surface area (Å²) >= 11 is 0. The average Bonchev–Trinajstić information content (AvgIpc) is 3.40. The molecule has 7 heteroatoms. The van der Waals surface area contributed by atoms with Gasteiger partial charge in [0.15, 0.2) is 11.5 Å². The Morgan fingerprint density at radius 3 is 2.90 bits per heavy atom. The maximum absolute atomic E-state index is 12.9. The molecule has 7 nitrogen and oxygen atoms in total. The monoisotopic (exact) mass is 388 g/mol. The largest absolute Gasteiger partial charge is 0.454 e. The molecule has 0 aliphatic carbocycles. The summed E-state index contributed by atoms with van der Waals surface area (Å²) in [6.45, 7) is 2.22. The molecule has 0 spiro atoms. The maximum Gasteiger partial charge on any atom is 0.243 e. The van der Waals surface area contributed by atoms with Gasteiger partial charge >= 0.3 is 0 Å². The summed E-state index contributed by atoms with van der Waals surface area (Å²) in [6, 6.07) is 11.4. The van der Waals surface area contributed by atoms with Gasteiger partial charge in [-0.25, -0.2) is 5.01 Å². The highest BCUT2D eigenvalue weighted by atomic mass is 16.7. The summed E-state index contributed by atoms with van der Waals surface area (Å²) in [5, 5.41) is 6.34. The topological polar surface area (TPSA) is 76.9 Å². The van der Waals surface area contributed by atoms with Crippen LogP contribution in [0.5, 0.6) is 11.5 Å². The average molecular weight is 388 g/mol. The number of carbonyl (C=O) groups is 1. The van der Waals surface area contributed by atoms with Crippen molar-refractivity contribution in [2.24, 2.45) is 5.10 Å². The number of benzene rings is 2. The minimum absolute atomic E-state index is 0.00846. The number of fused-ring (bicyclic) bond motifs is 2. The maximum atomic E-state index is 12.9. The number of carbonyl (C=O) groups excluding carboxylic acids is 1. The van der Waals surface area contributed by atoms with Gasteiger partial charge in [-0.15, -0.1) is 0 Å². The Labute approximate surface area is 168 Å². The van der Waals surface area contributed by atoms with Crippen molar-refractivity contribution >= 4 is 22.7 Å². The second kappa shape index (κ2) is 7.16. The van der Waals surface area contributed by atoms with Crippen molar-refractivity contribution in [3.8, 4) is 11.5 Å². The van der Waals surface area contributed by atoms with E-state index in [9.17, 15) is 4.79 Å². The van der Waals surface area contributed by atoms with E-state index >= 15 is 0 Å². The van der Waals surface area contributed by atoms with Gasteiger partial charge in [0.05, 0.1) is 22.8 Å². The van der Waals surface area contributed by atoms with E-state index in [2.05, 4.69) is 9.97 Å². The highest BCUT2D eigenvalue weighted by molar-refractivity contribution is 6.04. The van der Waals surface area contributed by atoms with Gasteiger partial charge in [0, 0.05) is 36.4 Å². The molecule has 1 amide bonds. The molecule has 2 aliphatic rings. The molecular weight excluding hydrogens is 368 g/mol. The molecule has 0 N–H and O–H groups in total. The third kappa shape index (κ3) is 3.08. The van der Waals surface area contributed by atoms with Gasteiger partial charge in [0.25, 0.3) is 0 Å².